The Balaban J connectivity index is 1.92. The number of nitrogens with one attached hydrogen (secondary N) is 1. The van der Waals surface area contributed by atoms with Crippen molar-refractivity contribution in [3.05, 3.63) is 24.0 Å². The number of amides is 1. The van der Waals surface area contributed by atoms with Crippen LogP contribution >= 0.6 is 0 Å². The van der Waals surface area contributed by atoms with E-state index < -0.39 is 5.97 Å². The second kappa shape index (κ2) is 5.69. The number of carboxylic acid groups (broad SMARTS) is 1. The Morgan fingerprint density at radius 3 is 2.90 bits per heavy atom. The second-order valence-corrected chi connectivity index (χ2v) is 6.35. The molecule has 1 fully saturated rings. The second-order valence-electron chi connectivity index (χ2n) is 6.35. The molecule has 1 saturated carbocycles. The van der Waals surface area contributed by atoms with Crippen LogP contribution in [0.2, 0.25) is 0 Å². The molecule has 1 heterocycles. The lowest BCUT2D eigenvalue weighted by atomic mass is 9.75. The fourth-order valence-electron chi connectivity index (χ4n) is 3.00. The summed E-state index contributed by atoms with van der Waals surface area (Å²) in [5, 5.41) is 12.0. The van der Waals surface area contributed by atoms with Gasteiger partial charge in [-0.05, 0) is 36.8 Å². The van der Waals surface area contributed by atoms with Crippen molar-refractivity contribution < 1.29 is 14.7 Å². The minimum atomic E-state index is -1.01. The first kappa shape index (κ1) is 14.6. The quantitative estimate of drug-likeness (QED) is 0.887. The fraction of sp³-hybridized carbons (Fsp3) is 0.600. The topological polar surface area (TPSA) is 71.3 Å². The van der Waals surface area contributed by atoms with Crippen LogP contribution in [0.25, 0.3) is 0 Å². The van der Waals surface area contributed by atoms with Gasteiger partial charge in [-0.15, -0.1) is 0 Å². The predicted molar refractivity (Wildman–Crippen MR) is 75.6 cm³/mol. The SMILES string of the molecule is CC1(C)CCCC(NC(=O)Cn2cccc2C(=O)O)C1. The maximum Gasteiger partial charge on any atom is 0.352 e. The van der Waals surface area contributed by atoms with Gasteiger partial charge in [0.1, 0.15) is 12.2 Å². The van der Waals surface area contributed by atoms with Crippen molar-refractivity contribution in [1.82, 2.24) is 9.88 Å². The van der Waals surface area contributed by atoms with Crippen LogP contribution in [0.1, 0.15) is 50.0 Å². The largest absolute Gasteiger partial charge is 0.477 e. The van der Waals surface area contributed by atoms with E-state index in [0.717, 1.165) is 19.3 Å². The Labute approximate surface area is 119 Å². The molecule has 0 spiro atoms. The van der Waals surface area contributed by atoms with E-state index in [9.17, 15) is 9.59 Å². The lowest BCUT2D eigenvalue weighted by molar-refractivity contribution is -0.122. The zero-order chi connectivity index (χ0) is 14.8. The van der Waals surface area contributed by atoms with Crippen LogP contribution in [0.3, 0.4) is 0 Å². The molecule has 2 rings (SSSR count). The van der Waals surface area contributed by atoms with E-state index in [1.165, 1.54) is 17.1 Å². The molecule has 5 heteroatoms. The summed E-state index contributed by atoms with van der Waals surface area (Å²) in [6.07, 6.45) is 5.93. The number of carboxylic acids is 1. The van der Waals surface area contributed by atoms with Crippen molar-refractivity contribution >= 4 is 11.9 Å². The molecular formula is C15H22N2O3. The highest BCUT2D eigenvalue weighted by Crippen LogP contribution is 2.35. The minimum absolute atomic E-state index is 0.0611. The summed E-state index contributed by atoms with van der Waals surface area (Å²) in [7, 11) is 0. The Morgan fingerprint density at radius 2 is 2.25 bits per heavy atom. The lowest BCUT2D eigenvalue weighted by Gasteiger charge is -2.35. The summed E-state index contributed by atoms with van der Waals surface area (Å²) in [6.45, 7) is 4.51. The van der Waals surface area contributed by atoms with Gasteiger partial charge in [-0.3, -0.25) is 4.79 Å². The van der Waals surface area contributed by atoms with Gasteiger partial charge >= 0.3 is 5.97 Å². The molecule has 1 amide bonds. The number of nitrogens with zero attached hydrogens (tertiary/aromatic N) is 1. The Kier molecular flexibility index (Phi) is 4.16. The summed E-state index contributed by atoms with van der Waals surface area (Å²) in [5.41, 5.74) is 0.416. The average Bonchev–Trinajstić information content (AvgIpc) is 2.75. The molecule has 1 aliphatic rings. The Morgan fingerprint density at radius 1 is 1.50 bits per heavy atom. The first-order chi connectivity index (χ1) is 9.37. The molecule has 1 aromatic rings. The van der Waals surface area contributed by atoms with E-state index in [2.05, 4.69) is 19.2 Å². The van der Waals surface area contributed by atoms with E-state index in [1.54, 1.807) is 12.3 Å². The summed E-state index contributed by atoms with van der Waals surface area (Å²) >= 11 is 0. The normalized spacial score (nSPS) is 21.4. The predicted octanol–water partition coefficient (Wildman–Crippen LogP) is 2.27. The molecule has 0 aliphatic heterocycles. The molecule has 0 bridgehead atoms. The van der Waals surface area contributed by atoms with Crippen molar-refractivity contribution in [2.24, 2.45) is 5.41 Å². The smallest absolute Gasteiger partial charge is 0.352 e. The van der Waals surface area contributed by atoms with E-state index >= 15 is 0 Å². The number of aromatic nitrogens is 1. The van der Waals surface area contributed by atoms with Crippen LogP contribution in [0.15, 0.2) is 18.3 Å². The summed E-state index contributed by atoms with van der Waals surface area (Å²) in [4.78, 5) is 23.0. The number of hydrogen-bond donors (Lipinski definition) is 2. The van der Waals surface area contributed by atoms with Crippen LogP contribution in [0.5, 0.6) is 0 Å². The first-order valence-electron chi connectivity index (χ1n) is 7.05. The van der Waals surface area contributed by atoms with Gasteiger partial charge in [0, 0.05) is 12.2 Å². The van der Waals surface area contributed by atoms with Crippen molar-refractivity contribution in [2.75, 3.05) is 0 Å². The number of aromatic carboxylic acids is 1. The van der Waals surface area contributed by atoms with E-state index in [0.29, 0.717) is 0 Å². The molecule has 0 radical (unpaired) electrons. The van der Waals surface area contributed by atoms with Gasteiger partial charge in [0.25, 0.3) is 0 Å². The maximum atomic E-state index is 12.0. The molecule has 20 heavy (non-hydrogen) atoms. The third-order valence-electron chi connectivity index (χ3n) is 3.93. The van der Waals surface area contributed by atoms with E-state index in [1.807, 2.05) is 0 Å². The van der Waals surface area contributed by atoms with Gasteiger partial charge < -0.3 is 15.0 Å². The summed E-state index contributed by atoms with van der Waals surface area (Å²) < 4.78 is 1.46. The van der Waals surface area contributed by atoms with Gasteiger partial charge in [-0.2, -0.15) is 0 Å². The highest BCUT2D eigenvalue weighted by atomic mass is 16.4. The molecular weight excluding hydrogens is 256 g/mol. The minimum Gasteiger partial charge on any atom is -0.477 e. The van der Waals surface area contributed by atoms with Crippen LogP contribution in [-0.4, -0.2) is 27.6 Å². The van der Waals surface area contributed by atoms with Gasteiger partial charge in [0.05, 0.1) is 0 Å². The standard InChI is InChI=1S/C15H22N2O3/c1-15(2)7-3-5-11(9-15)16-13(18)10-17-8-4-6-12(17)14(19)20/h4,6,8,11H,3,5,7,9-10H2,1-2H3,(H,16,18)(H,19,20). The first-order valence-corrected chi connectivity index (χ1v) is 7.05. The highest BCUT2D eigenvalue weighted by molar-refractivity contribution is 5.86. The number of rotatable bonds is 4. The Bertz CT molecular complexity index is 505. The molecule has 1 aliphatic carbocycles. The van der Waals surface area contributed by atoms with Crippen LogP contribution in [0, 0.1) is 5.41 Å². The third kappa shape index (κ3) is 3.62. The Hall–Kier alpha value is -1.78. The third-order valence-corrected chi connectivity index (χ3v) is 3.93. The molecule has 1 aromatic heterocycles. The van der Waals surface area contributed by atoms with E-state index in [-0.39, 0.29) is 29.6 Å². The van der Waals surface area contributed by atoms with E-state index in [4.69, 9.17) is 5.11 Å². The lowest BCUT2D eigenvalue weighted by Crippen LogP contribution is -2.42. The van der Waals surface area contributed by atoms with Crippen molar-refractivity contribution in [2.45, 2.75) is 52.1 Å². The molecule has 5 nitrogen and oxygen atoms in total. The fourth-order valence-corrected chi connectivity index (χ4v) is 3.00. The van der Waals surface area contributed by atoms with Crippen LogP contribution in [0.4, 0.5) is 0 Å². The van der Waals surface area contributed by atoms with Crippen molar-refractivity contribution in [3.63, 3.8) is 0 Å². The average molecular weight is 278 g/mol. The van der Waals surface area contributed by atoms with Gasteiger partial charge in [-0.1, -0.05) is 20.3 Å². The molecule has 1 unspecified atom stereocenters. The summed E-state index contributed by atoms with van der Waals surface area (Å²) in [5.74, 6) is -1.13. The van der Waals surface area contributed by atoms with Crippen LogP contribution in [-0.2, 0) is 11.3 Å². The highest BCUT2D eigenvalue weighted by Gasteiger charge is 2.28. The number of carbonyl (C=O) groups is 2. The molecule has 0 aromatic carbocycles. The van der Waals surface area contributed by atoms with Gasteiger partial charge in [-0.25, -0.2) is 4.79 Å². The molecule has 1 atom stereocenters. The molecule has 2 N–H and O–H groups in total. The number of carbonyl (C=O) groups excluding carboxylic acids is 1. The van der Waals surface area contributed by atoms with Gasteiger partial charge in [0.15, 0.2) is 0 Å². The zero-order valence-corrected chi connectivity index (χ0v) is 12.1. The number of hydrogen-bond acceptors (Lipinski definition) is 2. The van der Waals surface area contributed by atoms with Crippen molar-refractivity contribution in [3.8, 4) is 0 Å². The van der Waals surface area contributed by atoms with Crippen LogP contribution < -0.4 is 5.32 Å². The molecule has 110 valence electrons. The zero-order valence-electron chi connectivity index (χ0n) is 12.1. The van der Waals surface area contributed by atoms with Crippen molar-refractivity contribution in [1.29, 1.82) is 0 Å². The van der Waals surface area contributed by atoms with Gasteiger partial charge in [0.2, 0.25) is 5.91 Å². The maximum absolute atomic E-state index is 12.0. The summed E-state index contributed by atoms with van der Waals surface area (Å²) in [6, 6.07) is 3.34. The monoisotopic (exact) mass is 278 g/mol. The molecule has 0 saturated heterocycles.